The molecule has 0 aliphatic heterocycles. The number of likely N-dealkylation sites (N-methyl/N-ethyl adjacent to an activating group) is 1. The van der Waals surface area contributed by atoms with Crippen molar-refractivity contribution in [3.63, 3.8) is 0 Å². The number of anilines is 1. The second-order valence-corrected chi connectivity index (χ2v) is 10.1. The number of benzene rings is 3. The second kappa shape index (κ2) is 13.1. The van der Waals surface area contributed by atoms with E-state index < -0.39 is 0 Å². The van der Waals surface area contributed by atoms with Gasteiger partial charge in [-0.05, 0) is 78.2 Å². The van der Waals surface area contributed by atoms with Gasteiger partial charge in [0.2, 0.25) is 0 Å². The third-order valence-electron chi connectivity index (χ3n) is 6.35. The fraction of sp³-hybridized carbons (Fsp3) is 0.355. The molecule has 3 rings (SSSR count). The molecule has 2 N–H and O–H groups in total. The molecule has 3 aromatic rings. The Morgan fingerprint density at radius 2 is 1.35 bits per heavy atom. The van der Waals surface area contributed by atoms with Gasteiger partial charge in [-0.15, -0.1) is 0 Å². The van der Waals surface area contributed by atoms with E-state index in [0.717, 1.165) is 30.9 Å². The SMILES string of the molecule is CCN(CC)CCNC(=O)c1ccc(NC(=O)c2ccc(COc3ccc(C(C)(C)C)cc3)cc2)cc1. The first-order valence-corrected chi connectivity index (χ1v) is 12.9. The Hall–Kier alpha value is -3.64. The van der Waals surface area contributed by atoms with Crippen LogP contribution in [0.1, 0.15) is 66.5 Å². The van der Waals surface area contributed by atoms with Crippen LogP contribution in [0, 0.1) is 0 Å². The fourth-order valence-electron chi connectivity index (χ4n) is 3.85. The highest BCUT2D eigenvalue weighted by Gasteiger charge is 2.13. The molecule has 196 valence electrons. The van der Waals surface area contributed by atoms with Crippen molar-refractivity contribution in [1.82, 2.24) is 10.2 Å². The molecule has 0 saturated carbocycles. The van der Waals surface area contributed by atoms with E-state index in [9.17, 15) is 9.59 Å². The highest BCUT2D eigenvalue weighted by atomic mass is 16.5. The van der Waals surface area contributed by atoms with Crippen molar-refractivity contribution >= 4 is 17.5 Å². The van der Waals surface area contributed by atoms with Crippen molar-refractivity contribution in [3.8, 4) is 5.75 Å². The van der Waals surface area contributed by atoms with E-state index in [1.54, 1.807) is 36.4 Å². The fourth-order valence-corrected chi connectivity index (χ4v) is 3.85. The predicted octanol–water partition coefficient (Wildman–Crippen LogP) is 5.89. The van der Waals surface area contributed by atoms with Gasteiger partial charge >= 0.3 is 0 Å². The number of carbonyl (C=O) groups is 2. The van der Waals surface area contributed by atoms with Crippen LogP contribution in [0.5, 0.6) is 5.75 Å². The maximum atomic E-state index is 12.7. The van der Waals surface area contributed by atoms with E-state index in [1.165, 1.54) is 5.56 Å². The van der Waals surface area contributed by atoms with Gasteiger partial charge in [-0.2, -0.15) is 0 Å². The summed E-state index contributed by atoms with van der Waals surface area (Å²) in [5, 5.41) is 5.82. The molecule has 0 radical (unpaired) electrons. The summed E-state index contributed by atoms with van der Waals surface area (Å²) < 4.78 is 5.90. The summed E-state index contributed by atoms with van der Waals surface area (Å²) in [7, 11) is 0. The van der Waals surface area contributed by atoms with Crippen LogP contribution in [0.25, 0.3) is 0 Å². The van der Waals surface area contributed by atoms with E-state index in [1.807, 2.05) is 24.3 Å². The molecule has 0 bridgehead atoms. The minimum Gasteiger partial charge on any atom is -0.489 e. The molecule has 0 aliphatic carbocycles. The molecule has 6 nitrogen and oxygen atoms in total. The molecule has 0 spiro atoms. The highest BCUT2D eigenvalue weighted by Crippen LogP contribution is 2.24. The molecule has 6 heteroatoms. The van der Waals surface area contributed by atoms with Gasteiger partial charge < -0.3 is 20.3 Å². The topological polar surface area (TPSA) is 70.7 Å². The summed E-state index contributed by atoms with van der Waals surface area (Å²) in [6, 6.07) is 22.4. The van der Waals surface area contributed by atoms with Gasteiger partial charge in [-0.25, -0.2) is 0 Å². The average Bonchev–Trinajstić information content (AvgIpc) is 2.90. The molecule has 0 saturated heterocycles. The Kier molecular flexibility index (Phi) is 9.86. The first-order valence-electron chi connectivity index (χ1n) is 12.9. The molecule has 0 heterocycles. The summed E-state index contributed by atoms with van der Waals surface area (Å²) in [5.41, 5.74) is 4.10. The molecule has 0 atom stereocenters. The predicted molar refractivity (Wildman–Crippen MR) is 150 cm³/mol. The summed E-state index contributed by atoms with van der Waals surface area (Å²) in [5.74, 6) is 0.491. The molecular formula is C31H39N3O3. The Morgan fingerprint density at radius 1 is 0.784 bits per heavy atom. The van der Waals surface area contributed by atoms with E-state index >= 15 is 0 Å². The Bertz CT molecular complexity index is 1140. The molecule has 2 amide bonds. The Labute approximate surface area is 221 Å². The Morgan fingerprint density at radius 3 is 1.92 bits per heavy atom. The number of amides is 2. The summed E-state index contributed by atoms with van der Waals surface area (Å²) in [6.07, 6.45) is 0. The molecule has 0 aromatic heterocycles. The van der Waals surface area contributed by atoms with Crippen LogP contribution in [0.3, 0.4) is 0 Å². The minimum atomic E-state index is -0.207. The summed E-state index contributed by atoms with van der Waals surface area (Å²) >= 11 is 0. The van der Waals surface area contributed by atoms with Crippen molar-refractivity contribution in [2.45, 2.75) is 46.6 Å². The summed E-state index contributed by atoms with van der Waals surface area (Å²) in [4.78, 5) is 27.3. The largest absolute Gasteiger partial charge is 0.489 e. The van der Waals surface area contributed by atoms with Crippen molar-refractivity contribution in [2.75, 3.05) is 31.5 Å². The van der Waals surface area contributed by atoms with Crippen LogP contribution >= 0.6 is 0 Å². The van der Waals surface area contributed by atoms with Gasteiger partial charge in [0.25, 0.3) is 11.8 Å². The number of nitrogens with zero attached hydrogens (tertiary/aromatic N) is 1. The van der Waals surface area contributed by atoms with Crippen LogP contribution in [0.4, 0.5) is 5.69 Å². The lowest BCUT2D eigenvalue weighted by molar-refractivity contribution is 0.0948. The zero-order chi connectivity index (χ0) is 26.8. The standard InChI is InChI=1S/C31H39N3O3/c1-6-34(7-2)21-20-32-29(35)24-12-16-27(17-13-24)33-30(36)25-10-8-23(9-11-25)22-37-28-18-14-26(15-19-28)31(3,4)5/h8-19H,6-7,20-22H2,1-5H3,(H,32,35)(H,33,36). The zero-order valence-electron chi connectivity index (χ0n) is 22.6. The third kappa shape index (κ3) is 8.46. The minimum absolute atomic E-state index is 0.108. The van der Waals surface area contributed by atoms with Gasteiger partial charge in [-0.1, -0.05) is 58.9 Å². The molecule has 0 unspecified atom stereocenters. The third-order valence-corrected chi connectivity index (χ3v) is 6.35. The lowest BCUT2D eigenvalue weighted by Gasteiger charge is -2.19. The van der Waals surface area contributed by atoms with Gasteiger partial charge in [0, 0.05) is 29.9 Å². The number of carbonyl (C=O) groups excluding carboxylic acids is 2. The van der Waals surface area contributed by atoms with Gasteiger partial charge in [0.1, 0.15) is 12.4 Å². The maximum Gasteiger partial charge on any atom is 0.255 e. The number of nitrogens with one attached hydrogen (secondary N) is 2. The lowest BCUT2D eigenvalue weighted by atomic mass is 9.87. The zero-order valence-corrected chi connectivity index (χ0v) is 22.6. The van der Waals surface area contributed by atoms with Crippen LogP contribution < -0.4 is 15.4 Å². The van der Waals surface area contributed by atoms with Crippen LogP contribution in [-0.4, -0.2) is 42.9 Å². The molecule has 0 fully saturated rings. The number of rotatable bonds is 11. The monoisotopic (exact) mass is 501 g/mol. The van der Waals surface area contributed by atoms with E-state index in [4.69, 9.17) is 4.74 Å². The first kappa shape index (κ1) is 27.9. The van der Waals surface area contributed by atoms with Crippen molar-refractivity contribution in [2.24, 2.45) is 0 Å². The molecule has 0 aliphatic rings. The number of hydrogen-bond acceptors (Lipinski definition) is 4. The summed E-state index contributed by atoms with van der Waals surface area (Å²) in [6.45, 7) is 14.5. The van der Waals surface area contributed by atoms with Crippen molar-refractivity contribution in [1.29, 1.82) is 0 Å². The molecule has 37 heavy (non-hydrogen) atoms. The van der Waals surface area contributed by atoms with Gasteiger partial charge in [0.15, 0.2) is 0 Å². The van der Waals surface area contributed by atoms with E-state index in [2.05, 4.69) is 62.3 Å². The average molecular weight is 502 g/mol. The normalized spacial score (nSPS) is 11.3. The van der Waals surface area contributed by atoms with E-state index in [-0.39, 0.29) is 17.2 Å². The van der Waals surface area contributed by atoms with Crippen LogP contribution in [-0.2, 0) is 12.0 Å². The maximum absolute atomic E-state index is 12.7. The van der Waals surface area contributed by atoms with Gasteiger partial charge in [-0.3, -0.25) is 9.59 Å². The molecule has 3 aromatic carbocycles. The van der Waals surface area contributed by atoms with Crippen LogP contribution in [0.15, 0.2) is 72.8 Å². The van der Waals surface area contributed by atoms with Crippen molar-refractivity contribution in [3.05, 3.63) is 95.1 Å². The van der Waals surface area contributed by atoms with Crippen molar-refractivity contribution < 1.29 is 14.3 Å². The quantitative estimate of drug-likeness (QED) is 0.344. The first-order chi connectivity index (χ1) is 17.7. The van der Waals surface area contributed by atoms with E-state index in [0.29, 0.717) is 30.0 Å². The van der Waals surface area contributed by atoms with Gasteiger partial charge in [0.05, 0.1) is 0 Å². The number of hydrogen-bond donors (Lipinski definition) is 2. The lowest BCUT2D eigenvalue weighted by Crippen LogP contribution is -2.34. The second-order valence-electron chi connectivity index (χ2n) is 10.1. The molecular weight excluding hydrogens is 462 g/mol. The number of ether oxygens (including phenoxy) is 1. The Balaban J connectivity index is 1.48. The smallest absolute Gasteiger partial charge is 0.255 e. The van der Waals surface area contributed by atoms with Crippen LogP contribution in [0.2, 0.25) is 0 Å². The highest BCUT2D eigenvalue weighted by molar-refractivity contribution is 6.04.